The van der Waals surface area contributed by atoms with E-state index in [9.17, 15) is 4.79 Å². The molecule has 2 N–H and O–H groups in total. The number of carbonyl (C=O) groups is 1. The minimum Gasteiger partial charge on any atom is -0.462 e. The molecule has 0 unspecified atom stereocenters. The van der Waals surface area contributed by atoms with Crippen molar-refractivity contribution in [2.24, 2.45) is 4.99 Å². The number of nitrogens with zero attached hydrogens (tertiary/aromatic N) is 2. The summed E-state index contributed by atoms with van der Waals surface area (Å²) in [7, 11) is 0. The first-order valence-electron chi connectivity index (χ1n) is 11.6. The van der Waals surface area contributed by atoms with Crippen LogP contribution >= 0.6 is 24.0 Å². The SMILES string of the molecule is CCNC(=NCCCC(=O)OC1CCCC1)NC1CCN(CCOC(C)C)CC1.I. The molecule has 1 aliphatic heterocycles. The van der Waals surface area contributed by atoms with Gasteiger partial charge in [-0.1, -0.05) is 0 Å². The first-order valence-corrected chi connectivity index (χ1v) is 11.6. The lowest BCUT2D eigenvalue weighted by Crippen LogP contribution is -2.49. The van der Waals surface area contributed by atoms with E-state index in [4.69, 9.17) is 9.47 Å². The molecule has 2 aliphatic rings. The highest BCUT2D eigenvalue weighted by molar-refractivity contribution is 14.0. The van der Waals surface area contributed by atoms with Gasteiger partial charge in [0, 0.05) is 45.2 Å². The highest BCUT2D eigenvalue weighted by Gasteiger charge is 2.20. The van der Waals surface area contributed by atoms with Gasteiger partial charge in [-0.3, -0.25) is 9.79 Å². The number of aliphatic imine (C=N–C) groups is 1. The van der Waals surface area contributed by atoms with Crippen LogP contribution in [-0.2, 0) is 14.3 Å². The maximum absolute atomic E-state index is 11.9. The van der Waals surface area contributed by atoms with E-state index in [1.54, 1.807) is 0 Å². The van der Waals surface area contributed by atoms with Gasteiger partial charge in [-0.2, -0.15) is 0 Å². The number of piperidine rings is 1. The summed E-state index contributed by atoms with van der Waals surface area (Å²) in [5.41, 5.74) is 0. The number of rotatable bonds is 11. The average molecular weight is 539 g/mol. The Labute approximate surface area is 200 Å². The van der Waals surface area contributed by atoms with Crippen LogP contribution in [0.3, 0.4) is 0 Å². The number of guanidine groups is 1. The zero-order valence-corrected chi connectivity index (χ0v) is 21.5. The lowest BCUT2D eigenvalue weighted by Gasteiger charge is -2.33. The van der Waals surface area contributed by atoms with Crippen LogP contribution in [-0.4, -0.2) is 74.4 Å². The molecule has 7 nitrogen and oxygen atoms in total. The number of hydrogen-bond donors (Lipinski definition) is 2. The molecular formula is C22H43IN4O3. The van der Waals surface area contributed by atoms with Gasteiger partial charge in [0.05, 0.1) is 12.7 Å². The number of likely N-dealkylation sites (tertiary alicyclic amines) is 1. The van der Waals surface area contributed by atoms with Crippen molar-refractivity contribution >= 4 is 35.9 Å². The summed E-state index contributed by atoms with van der Waals surface area (Å²) >= 11 is 0. The van der Waals surface area contributed by atoms with Crippen molar-refractivity contribution in [1.82, 2.24) is 15.5 Å². The Morgan fingerprint density at radius 3 is 2.50 bits per heavy atom. The molecular weight excluding hydrogens is 495 g/mol. The molecule has 0 aromatic heterocycles. The molecule has 176 valence electrons. The van der Waals surface area contributed by atoms with Gasteiger partial charge in [0.2, 0.25) is 0 Å². The van der Waals surface area contributed by atoms with Gasteiger partial charge in [0.1, 0.15) is 6.10 Å². The van der Waals surface area contributed by atoms with Gasteiger partial charge >= 0.3 is 5.97 Å². The third-order valence-corrected chi connectivity index (χ3v) is 5.54. The Balaban J connectivity index is 0.00000450. The summed E-state index contributed by atoms with van der Waals surface area (Å²) in [5, 5.41) is 6.89. The van der Waals surface area contributed by atoms with E-state index in [0.717, 1.165) is 70.8 Å². The van der Waals surface area contributed by atoms with E-state index in [0.29, 0.717) is 25.1 Å². The van der Waals surface area contributed by atoms with Crippen molar-refractivity contribution in [3.8, 4) is 0 Å². The third kappa shape index (κ3) is 11.7. The van der Waals surface area contributed by atoms with E-state index < -0.39 is 0 Å². The fourth-order valence-corrected chi connectivity index (χ4v) is 3.90. The zero-order valence-electron chi connectivity index (χ0n) is 19.2. The van der Waals surface area contributed by atoms with Crippen LogP contribution in [0.1, 0.15) is 72.1 Å². The molecule has 0 aromatic carbocycles. The number of carbonyl (C=O) groups excluding carboxylic acids is 1. The molecule has 1 saturated heterocycles. The smallest absolute Gasteiger partial charge is 0.306 e. The Morgan fingerprint density at radius 2 is 1.87 bits per heavy atom. The topological polar surface area (TPSA) is 75.2 Å². The van der Waals surface area contributed by atoms with Gasteiger partial charge in [0.15, 0.2) is 5.96 Å². The minimum atomic E-state index is -0.0705. The van der Waals surface area contributed by atoms with Gasteiger partial charge in [-0.05, 0) is 65.7 Å². The predicted molar refractivity (Wildman–Crippen MR) is 133 cm³/mol. The molecule has 0 atom stereocenters. The van der Waals surface area contributed by atoms with Crippen molar-refractivity contribution in [2.45, 2.75) is 90.4 Å². The maximum atomic E-state index is 11.9. The minimum absolute atomic E-state index is 0. The van der Waals surface area contributed by atoms with E-state index in [1.165, 1.54) is 12.8 Å². The number of esters is 1. The van der Waals surface area contributed by atoms with Crippen LogP contribution in [0.4, 0.5) is 0 Å². The summed E-state index contributed by atoms with van der Waals surface area (Å²) in [6.45, 7) is 11.7. The quantitative estimate of drug-likeness (QED) is 0.138. The van der Waals surface area contributed by atoms with Crippen LogP contribution < -0.4 is 10.6 Å². The summed E-state index contributed by atoms with van der Waals surface area (Å²) in [5.74, 6) is 0.789. The number of hydrogen-bond acceptors (Lipinski definition) is 5. The number of ether oxygens (including phenoxy) is 2. The second-order valence-corrected chi connectivity index (χ2v) is 8.44. The first kappa shape index (κ1) is 27.4. The van der Waals surface area contributed by atoms with Crippen LogP contribution in [0.15, 0.2) is 4.99 Å². The van der Waals surface area contributed by atoms with E-state index in [1.807, 2.05) is 0 Å². The Bertz CT molecular complexity index is 491. The molecule has 1 heterocycles. The highest BCUT2D eigenvalue weighted by atomic mass is 127. The lowest BCUT2D eigenvalue weighted by molar-refractivity contribution is -0.148. The van der Waals surface area contributed by atoms with Crippen LogP contribution in [0.2, 0.25) is 0 Å². The second kappa shape index (κ2) is 16.1. The number of halogens is 1. The molecule has 2 rings (SSSR count). The molecule has 0 aromatic rings. The first-order chi connectivity index (χ1) is 14.1. The van der Waals surface area contributed by atoms with Crippen LogP contribution in [0.25, 0.3) is 0 Å². The molecule has 0 bridgehead atoms. The third-order valence-electron chi connectivity index (χ3n) is 5.54. The van der Waals surface area contributed by atoms with E-state index in [-0.39, 0.29) is 36.0 Å². The van der Waals surface area contributed by atoms with Crippen molar-refractivity contribution in [3.63, 3.8) is 0 Å². The zero-order chi connectivity index (χ0) is 20.9. The van der Waals surface area contributed by atoms with Crippen molar-refractivity contribution in [3.05, 3.63) is 0 Å². The summed E-state index contributed by atoms with van der Waals surface area (Å²) in [6, 6.07) is 0.447. The van der Waals surface area contributed by atoms with Crippen molar-refractivity contribution < 1.29 is 14.3 Å². The van der Waals surface area contributed by atoms with Gasteiger partial charge in [0.25, 0.3) is 0 Å². The monoisotopic (exact) mass is 538 g/mol. The molecule has 1 aliphatic carbocycles. The van der Waals surface area contributed by atoms with E-state index in [2.05, 4.69) is 41.3 Å². The predicted octanol–water partition coefficient (Wildman–Crippen LogP) is 3.31. The normalized spacial score (nSPS) is 19.0. The highest BCUT2D eigenvalue weighted by Crippen LogP contribution is 2.21. The summed E-state index contributed by atoms with van der Waals surface area (Å²) < 4.78 is 11.2. The molecule has 0 radical (unpaired) electrons. The molecule has 8 heteroatoms. The molecule has 0 amide bonds. The summed E-state index contributed by atoms with van der Waals surface area (Å²) in [4.78, 5) is 19.0. The molecule has 0 spiro atoms. The van der Waals surface area contributed by atoms with Gasteiger partial charge in [-0.25, -0.2) is 0 Å². The lowest BCUT2D eigenvalue weighted by atomic mass is 10.1. The van der Waals surface area contributed by atoms with Crippen LogP contribution in [0, 0.1) is 0 Å². The Hall–Kier alpha value is -0.610. The maximum Gasteiger partial charge on any atom is 0.306 e. The second-order valence-electron chi connectivity index (χ2n) is 8.44. The number of nitrogens with one attached hydrogen (secondary N) is 2. The van der Waals surface area contributed by atoms with Gasteiger partial charge < -0.3 is 25.0 Å². The van der Waals surface area contributed by atoms with Crippen molar-refractivity contribution in [2.75, 3.05) is 39.3 Å². The standard InChI is InChI=1S/C22H42N4O3.HI/c1-4-23-22(24-13-7-10-21(27)29-20-8-5-6-9-20)25-19-11-14-26(15-12-19)16-17-28-18(2)3;/h18-20H,4-17H2,1-3H3,(H2,23,24,25);1H. The average Bonchev–Trinajstić information content (AvgIpc) is 3.19. The molecule has 30 heavy (non-hydrogen) atoms. The van der Waals surface area contributed by atoms with Crippen LogP contribution in [0.5, 0.6) is 0 Å². The Kier molecular flexibility index (Phi) is 14.7. The Morgan fingerprint density at radius 1 is 1.17 bits per heavy atom. The van der Waals surface area contributed by atoms with Gasteiger partial charge in [-0.15, -0.1) is 24.0 Å². The molecule has 2 fully saturated rings. The fraction of sp³-hybridized carbons (Fsp3) is 0.909. The summed E-state index contributed by atoms with van der Waals surface area (Å²) in [6.07, 6.45) is 8.30. The molecule has 1 saturated carbocycles. The largest absolute Gasteiger partial charge is 0.462 e. The van der Waals surface area contributed by atoms with Crippen molar-refractivity contribution in [1.29, 1.82) is 0 Å². The van der Waals surface area contributed by atoms with E-state index >= 15 is 0 Å². The fourth-order valence-electron chi connectivity index (χ4n) is 3.90.